The molecule has 0 nitrogen and oxygen atoms in total. The van der Waals surface area contributed by atoms with Gasteiger partial charge in [0.05, 0.1) is 0 Å². The Morgan fingerprint density at radius 1 is 0.775 bits per heavy atom. The first-order valence-electron chi connectivity index (χ1n) is 13.3. The van der Waals surface area contributed by atoms with E-state index in [0.717, 1.165) is 9.52 Å². The molecule has 0 amide bonds. The Morgan fingerprint density at radius 3 is 1.95 bits per heavy atom. The van der Waals surface area contributed by atoms with E-state index in [-0.39, 0.29) is 0 Å². The molecule has 0 unspecified atom stereocenters. The van der Waals surface area contributed by atoms with Crippen LogP contribution in [0.5, 0.6) is 0 Å². The summed E-state index contributed by atoms with van der Waals surface area (Å²) in [6, 6.07) is 47.2. The predicted molar refractivity (Wildman–Crippen MR) is 178 cm³/mol. The van der Waals surface area contributed by atoms with Crippen LogP contribution in [0.2, 0.25) is 13.1 Å². The average Bonchev–Trinajstić information content (AvgIpc) is 3.61. The first-order valence-corrected chi connectivity index (χ1v) is 21.6. The molecule has 6 aromatic carbocycles. The van der Waals surface area contributed by atoms with Crippen LogP contribution in [0, 0.1) is 13.0 Å². The van der Waals surface area contributed by atoms with Crippen molar-refractivity contribution < 1.29 is 20.8 Å². The summed E-state index contributed by atoms with van der Waals surface area (Å²) in [5.41, 5.74) is 5.37. The summed E-state index contributed by atoms with van der Waals surface area (Å²) in [4.78, 5) is 0. The Kier molecular flexibility index (Phi) is 16.8. The Balaban J connectivity index is 0.000000220. The Hall–Kier alpha value is -2.22. The summed E-state index contributed by atoms with van der Waals surface area (Å²) in [6.07, 6.45) is 0. The quantitative estimate of drug-likeness (QED) is 0.128. The van der Waals surface area contributed by atoms with Gasteiger partial charge in [0.1, 0.15) is 0 Å². The minimum Gasteiger partial charge on any atom is -0.184 e. The molecule has 0 saturated carbocycles. The fraction of sp³-hybridized carbons (Fsp3) is 0.167. The number of aryl methyl sites for hydroxylation is 1. The molecule has 0 aromatic heterocycles. The van der Waals surface area contributed by atoms with Crippen molar-refractivity contribution in [1.29, 1.82) is 0 Å². The topological polar surface area (TPSA) is 0 Å². The normalized spacial score (nSPS) is 9.70. The van der Waals surface area contributed by atoms with Gasteiger partial charge in [-0.05, 0) is 17.0 Å². The molecule has 0 aliphatic rings. The van der Waals surface area contributed by atoms with E-state index in [1.165, 1.54) is 43.8 Å². The predicted octanol–water partition coefficient (Wildman–Crippen LogP) is 11.9. The molecule has 0 fully saturated rings. The molecule has 0 saturated heterocycles. The second kappa shape index (κ2) is 19.8. The van der Waals surface area contributed by atoms with Gasteiger partial charge in [0.15, 0.2) is 0 Å². The summed E-state index contributed by atoms with van der Waals surface area (Å²) in [6.45, 7) is 10.9. The monoisotopic (exact) mass is 657 g/mol. The van der Waals surface area contributed by atoms with Crippen LogP contribution in [-0.2, 0) is 20.8 Å². The maximum absolute atomic E-state index is 4.93. The molecule has 0 heterocycles. The molecule has 6 rings (SSSR count). The first kappa shape index (κ1) is 34.0. The summed E-state index contributed by atoms with van der Waals surface area (Å²) in [5, 5.41) is 5.36. The first-order chi connectivity index (χ1) is 19.4. The van der Waals surface area contributed by atoms with Gasteiger partial charge in [-0.3, -0.25) is 0 Å². The molecular weight excluding hydrogens is 623 g/mol. The van der Waals surface area contributed by atoms with E-state index in [9.17, 15) is 0 Å². The Labute approximate surface area is 262 Å². The molecule has 40 heavy (non-hydrogen) atoms. The number of rotatable bonds is 2. The van der Waals surface area contributed by atoms with Crippen molar-refractivity contribution in [2.75, 3.05) is 0 Å². The minimum absolute atomic E-state index is 0.589. The van der Waals surface area contributed by atoms with E-state index in [2.05, 4.69) is 137 Å². The van der Waals surface area contributed by atoms with Crippen molar-refractivity contribution in [1.82, 2.24) is 0 Å². The van der Waals surface area contributed by atoms with Crippen molar-refractivity contribution in [2.45, 2.75) is 39.8 Å². The summed E-state index contributed by atoms with van der Waals surface area (Å²) in [5.74, 6) is 0.589. The Morgan fingerprint density at radius 2 is 1.40 bits per heavy atom. The van der Waals surface area contributed by atoms with E-state index in [4.69, 9.17) is 17.0 Å². The molecule has 0 bridgehead atoms. The fourth-order valence-electron chi connectivity index (χ4n) is 4.10. The van der Waals surface area contributed by atoms with Crippen LogP contribution in [0.15, 0.2) is 127 Å². The zero-order valence-electron chi connectivity index (χ0n) is 24.0. The Bertz CT molecular complexity index is 1410. The molecule has 6 aromatic rings. The molecule has 0 spiro atoms. The van der Waals surface area contributed by atoms with Crippen molar-refractivity contribution in [3.05, 3.63) is 145 Å². The third kappa shape index (κ3) is 11.7. The van der Waals surface area contributed by atoms with E-state index in [0.29, 0.717) is 5.92 Å². The van der Waals surface area contributed by atoms with Crippen LogP contribution < -0.4 is 0 Å². The van der Waals surface area contributed by atoms with E-state index in [1.54, 1.807) is 0 Å². The molecule has 4 heteroatoms. The van der Waals surface area contributed by atoms with Crippen molar-refractivity contribution in [2.24, 2.45) is 0 Å². The maximum Gasteiger partial charge on any atom is -0.0809 e. The van der Waals surface area contributed by atoms with Gasteiger partial charge < -0.3 is 0 Å². The molecular formula is C36H37Cl2SiZr-3. The summed E-state index contributed by atoms with van der Waals surface area (Å²) < 4.78 is 0. The van der Waals surface area contributed by atoms with Crippen LogP contribution in [0.1, 0.15) is 30.9 Å². The zero-order valence-corrected chi connectivity index (χ0v) is 28.9. The van der Waals surface area contributed by atoms with Crippen molar-refractivity contribution in [3.63, 3.8) is 0 Å². The molecule has 2 radical (unpaired) electrons. The zero-order chi connectivity index (χ0) is 29.2. The smallest absolute Gasteiger partial charge is 0.0809 e. The van der Waals surface area contributed by atoms with Crippen LogP contribution in [0.4, 0.5) is 0 Å². The second-order valence-electron chi connectivity index (χ2n) is 9.42. The third-order valence-electron chi connectivity index (χ3n) is 5.94. The summed E-state index contributed by atoms with van der Waals surface area (Å²) >= 11 is -0.826. The summed E-state index contributed by atoms with van der Waals surface area (Å²) in [7, 11) is 11.0. The number of hydrogen-bond donors (Lipinski definition) is 0. The van der Waals surface area contributed by atoms with Gasteiger partial charge in [-0.15, -0.1) is 64.2 Å². The molecule has 0 aliphatic carbocycles. The van der Waals surface area contributed by atoms with E-state index < -0.39 is 20.8 Å². The number of hydrogen-bond acceptors (Lipinski definition) is 0. The minimum atomic E-state index is -0.826. The van der Waals surface area contributed by atoms with Gasteiger partial charge in [0, 0.05) is 9.52 Å². The standard InChI is InChI=1S/C19H19.C9H7.C6H5.C2H6Si.2ClH.Zr/c1-13(2)15-7-9-16(10-8-15)18-6-4-5-17-11-14(3)12-19(17)18;1-2-5-9-7-3-6-8(9)4-1;1-2-4-6-5-3-1;1-3-2;;;/h4-13H,1-3H3;1-7H;1-5H;1-2H3;2*1H;/q3*-1;;;;+2/p-2. The number of halogens is 2. The number of fused-ring (bicyclic) bond motifs is 2. The second-order valence-corrected chi connectivity index (χ2v) is 14.2. The molecule has 0 N–H and O–H groups in total. The fourth-order valence-corrected chi connectivity index (χ4v) is 4.10. The van der Waals surface area contributed by atoms with Crippen LogP contribution in [-0.4, -0.2) is 9.52 Å². The van der Waals surface area contributed by atoms with Gasteiger partial charge in [-0.2, -0.15) is 60.0 Å². The van der Waals surface area contributed by atoms with Crippen molar-refractivity contribution >= 4 is 48.1 Å². The van der Waals surface area contributed by atoms with Crippen LogP contribution in [0.3, 0.4) is 0 Å². The average molecular weight is 660 g/mol. The van der Waals surface area contributed by atoms with Crippen LogP contribution >= 0.6 is 17.0 Å². The van der Waals surface area contributed by atoms with Gasteiger partial charge in [0.2, 0.25) is 0 Å². The van der Waals surface area contributed by atoms with Gasteiger partial charge in [0.25, 0.3) is 0 Å². The molecule has 206 valence electrons. The van der Waals surface area contributed by atoms with Crippen molar-refractivity contribution in [3.8, 4) is 11.1 Å². The largest absolute Gasteiger partial charge is 0.184 e. The van der Waals surface area contributed by atoms with Crippen LogP contribution in [0.25, 0.3) is 32.7 Å². The van der Waals surface area contributed by atoms with Gasteiger partial charge in [-0.25, -0.2) is 0 Å². The maximum atomic E-state index is 4.93. The SMILES string of the molecule is C[Si]C.Cc1cc2c(-c3ccc(C(C)C)cc3)cccc2[cH-]1.[Cl][Zr][Cl].[c-]1ccccc1.c1ccc2[cH-]ccc2c1. The van der Waals surface area contributed by atoms with Gasteiger partial charge >= 0.3 is 37.9 Å². The van der Waals surface area contributed by atoms with Gasteiger partial charge in [-0.1, -0.05) is 75.8 Å². The molecule has 0 atom stereocenters. The molecule has 0 aliphatic heterocycles. The number of benzene rings is 4. The van der Waals surface area contributed by atoms with E-state index >= 15 is 0 Å². The third-order valence-corrected chi connectivity index (χ3v) is 5.94. The van der Waals surface area contributed by atoms with E-state index in [1.807, 2.05) is 30.3 Å².